The van der Waals surface area contributed by atoms with Gasteiger partial charge in [-0.1, -0.05) is 28.1 Å². The molecule has 6 heteroatoms. The maximum atomic E-state index is 5.68. The van der Waals surface area contributed by atoms with Crippen LogP contribution in [0.25, 0.3) is 11.3 Å². The highest BCUT2D eigenvalue weighted by Crippen LogP contribution is 2.23. The molecule has 0 aliphatic rings. The minimum absolute atomic E-state index is 0.489. The van der Waals surface area contributed by atoms with E-state index in [1.54, 1.807) is 6.21 Å². The molecule has 1 aromatic heterocycles. The molecule has 0 aliphatic carbocycles. The maximum absolute atomic E-state index is 5.68. The lowest BCUT2D eigenvalue weighted by molar-refractivity contribution is 0.574. The zero-order valence-electron chi connectivity index (χ0n) is 10.9. The van der Waals surface area contributed by atoms with Gasteiger partial charge in [-0.2, -0.15) is 5.10 Å². The van der Waals surface area contributed by atoms with E-state index in [4.69, 9.17) is 16.6 Å². The van der Waals surface area contributed by atoms with Gasteiger partial charge in [0.15, 0.2) is 5.11 Å². The fraction of sp³-hybridized carbons (Fsp3) is 0.143. The molecule has 0 saturated heterocycles. The Bertz CT molecular complexity index is 607. The number of hydrogen-bond donors (Lipinski definition) is 2. The minimum atomic E-state index is 0.489. The predicted octanol–water partition coefficient (Wildman–Crippen LogP) is 3.53. The second-order valence-electron chi connectivity index (χ2n) is 3.94. The van der Waals surface area contributed by atoms with Gasteiger partial charge < -0.3 is 9.73 Å². The standard InChI is InChI=1S/C14H14BrN3OS/c1-2-16-14(20)18-17-9-12-7-8-13(19-12)10-3-5-11(15)6-4-10/h3-9H,2H2,1H3,(H2,16,18,20)/b17-9+. The van der Waals surface area contributed by atoms with E-state index in [1.165, 1.54) is 0 Å². The molecule has 0 spiro atoms. The Balaban J connectivity index is 2.00. The van der Waals surface area contributed by atoms with Crippen molar-refractivity contribution in [3.63, 3.8) is 0 Å². The molecule has 0 radical (unpaired) electrons. The van der Waals surface area contributed by atoms with Gasteiger partial charge in [0.05, 0.1) is 6.21 Å². The molecule has 0 fully saturated rings. The third-order valence-corrected chi connectivity index (χ3v) is 3.22. The molecule has 0 amide bonds. The molecule has 20 heavy (non-hydrogen) atoms. The van der Waals surface area contributed by atoms with Crippen LogP contribution in [0.4, 0.5) is 0 Å². The molecule has 0 bridgehead atoms. The molecule has 0 aliphatic heterocycles. The van der Waals surface area contributed by atoms with Crippen LogP contribution < -0.4 is 10.7 Å². The van der Waals surface area contributed by atoms with Crippen LogP contribution in [0.3, 0.4) is 0 Å². The molecule has 1 aromatic carbocycles. The molecule has 0 unspecified atom stereocenters. The zero-order valence-corrected chi connectivity index (χ0v) is 13.3. The van der Waals surface area contributed by atoms with Crippen LogP contribution in [0.5, 0.6) is 0 Å². The van der Waals surface area contributed by atoms with Gasteiger partial charge in [0.2, 0.25) is 0 Å². The third-order valence-electron chi connectivity index (χ3n) is 2.45. The first kappa shape index (κ1) is 14.7. The van der Waals surface area contributed by atoms with Crippen molar-refractivity contribution < 1.29 is 4.42 Å². The second kappa shape index (κ2) is 7.21. The van der Waals surface area contributed by atoms with Gasteiger partial charge in [0.1, 0.15) is 11.5 Å². The van der Waals surface area contributed by atoms with Gasteiger partial charge in [-0.25, -0.2) is 0 Å². The Morgan fingerprint density at radius 1 is 1.30 bits per heavy atom. The Morgan fingerprint density at radius 2 is 2.05 bits per heavy atom. The zero-order chi connectivity index (χ0) is 14.4. The van der Waals surface area contributed by atoms with Crippen molar-refractivity contribution in [2.24, 2.45) is 5.10 Å². The van der Waals surface area contributed by atoms with Crippen molar-refractivity contribution in [1.29, 1.82) is 0 Å². The summed E-state index contributed by atoms with van der Waals surface area (Å²) in [6.45, 7) is 2.73. The van der Waals surface area contributed by atoms with Crippen LogP contribution in [0.2, 0.25) is 0 Å². The average molecular weight is 352 g/mol. The van der Waals surface area contributed by atoms with Crippen LogP contribution in [0.1, 0.15) is 12.7 Å². The Morgan fingerprint density at radius 3 is 2.75 bits per heavy atom. The topological polar surface area (TPSA) is 49.6 Å². The normalized spacial score (nSPS) is 10.7. The van der Waals surface area contributed by atoms with Crippen LogP contribution >= 0.6 is 28.1 Å². The number of hydrogen-bond acceptors (Lipinski definition) is 3. The smallest absolute Gasteiger partial charge is 0.186 e. The molecule has 0 saturated carbocycles. The van der Waals surface area contributed by atoms with E-state index in [-0.39, 0.29) is 0 Å². The van der Waals surface area contributed by atoms with Crippen molar-refractivity contribution in [3.05, 3.63) is 46.6 Å². The highest BCUT2D eigenvalue weighted by atomic mass is 79.9. The molecule has 2 N–H and O–H groups in total. The summed E-state index contributed by atoms with van der Waals surface area (Å²) in [6.07, 6.45) is 1.59. The van der Waals surface area contributed by atoms with Gasteiger partial charge in [-0.05, 0) is 43.4 Å². The summed E-state index contributed by atoms with van der Waals surface area (Å²) in [5.74, 6) is 1.46. The number of hydrazone groups is 1. The van der Waals surface area contributed by atoms with E-state index >= 15 is 0 Å². The highest BCUT2D eigenvalue weighted by Gasteiger charge is 2.03. The van der Waals surface area contributed by atoms with E-state index in [0.29, 0.717) is 10.9 Å². The van der Waals surface area contributed by atoms with E-state index < -0.39 is 0 Å². The van der Waals surface area contributed by atoms with Crippen LogP contribution in [0.15, 0.2) is 50.4 Å². The lowest BCUT2D eigenvalue weighted by Gasteiger charge is -2.01. The summed E-state index contributed by atoms with van der Waals surface area (Å²) < 4.78 is 6.72. The summed E-state index contributed by atoms with van der Waals surface area (Å²) in [4.78, 5) is 0. The van der Waals surface area contributed by atoms with E-state index in [2.05, 4.69) is 31.8 Å². The van der Waals surface area contributed by atoms with E-state index in [9.17, 15) is 0 Å². The van der Waals surface area contributed by atoms with Gasteiger partial charge in [-0.15, -0.1) is 0 Å². The SMILES string of the molecule is CCNC(=S)N/N=C/c1ccc(-c2ccc(Br)cc2)o1. The summed E-state index contributed by atoms with van der Waals surface area (Å²) in [6, 6.07) is 11.7. The molecule has 104 valence electrons. The van der Waals surface area contributed by atoms with Gasteiger partial charge in [-0.3, -0.25) is 5.43 Å². The summed E-state index contributed by atoms with van der Waals surface area (Å²) in [7, 11) is 0. The van der Waals surface area contributed by atoms with Crippen LogP contribution in [-0.2, 0) is 0 Å². The van der Waals surface area contributed by atoms with Gasteiger partial charge in [0, 0.05) is 16.6 Å². The van der Waals surface area contributed by atoms with Crippen molar-refractivity contribution in [2.45, 2.75) is 6.92 Å². The number of nitrogens with zero attached hydrogens (tertiary/aromatic N) is 1. The number of rotatable bonds is 4. The number of benzene rings is 1. The third kappa shape index (κ3) is 4.18. The van der Waals surface area contributed by atoms with Crippen molar-refractivity contribution in [1.82, 2.24) is 10.7 Å². The molecule has 0 atom stereocenters. The summed E-state index contributed by atoms with van der Waals surface area (Å²) in [5, 5.41) is 7.43. The number of thiocarbonyl (C=S) groups is 1. The minimum Gasteiger partial charge on any atom is -0.455 e. The average Bonchev–Trinajstić information content (AvgIpc) is 2.89. The quantitative estimate of drug-likeness (QED) is 0.502. The van der Waals surface area contributed by atoms with Gasteiger partial charge >= 0.3 is 0 Å². The van der Waals surface area contributed by atoms with Crippen LogP contribution in [0, 0.1) is 0 Å². The first-order chi connectivity index (χ1) is 9.69. The predicted molar refractivity (Wildman–Crippen MR) is 88.8 cm³/mol. The van der Waals surface area contributed by atoms with Gasteiger partial charge in [0.25, 0.3) is 0 Å². The highest BCUT2D eigenvalue weighted by molar-refractivity contribution is 9.10. The largest absolute Gasteiger partial charge is 0.455 e. The first-order valence-electron chi connectivity index (χ1n) is 6.11. The van der Waals surface area contributed by atoms with Crippen molar-refractivity contribution in [2.75, 3.05) is 6.54 Å². The molecule has 4 nitrogen and oxygen atoms in total. The Kier molecular flexibility index (Phi) is 5.31. The molecular formula is C14H14BrN3OS. The van der Waals surface area contributed by atoms with Crippen molar-refractivity contribution >= 4 is 39.5 Å². The first-order valence-corrected chi connectivity index (χ1v) is 7.32. The molecule has 1 heterocycles. The monoisotopic (exact) mass is 351 g/mol. The van der Waals surface area contributed by atoms with Crippen molar-refractivity contribution in [3.8, 4) is 11.3 Å². The van der Waals surface area contributed by atoms with E-state index in [0.717, 1.165) is 22.3 Å². The lowest BCUT2D eigenvalue weighted by Crippen LogP contribution is -2.31. The lowest BCUT2D eigenvalue weighted by atomic mass is 10.2. The fourth-order valence-corrected chi connectivity index (χ4v) is 2.01. The van der Waals surface area contributed by atoms with Crippen LogP contribution in [-0.4, -0.2) is 17.9 Å². The number of furan rings is 1. The second-order valence-corrected chi connectivity index (χ2v) is 5.26. The van der Waals surface area contributed by atoms with E-state index in [1.807, 2.05) is 43.3 Å². The molecule has 2 rings (SSSR count). The molecular weight excluding hydrogens is 338 g/mol. The summed E-state index contributed by atoms with van der Waals surface area (Å²) in [5.41, 5.74) is 3.73. The molecule has 2 aromatic rings. The number of nitrogens with one attached hydrogen (secondary N) is 2. The summed E-state index contributed by atoms with van der Waals surface area (Å²) >= 11 is 8.40. The number of halogens is 1. The fourth-order valence-electron chi connectivity index (χ4n) is 1.55. The Labute approximate surface area is 131 Å². The maximum Gasteiger partial charge on any atom is 0.186 e. The Hall–Kier alpha value is -1.66.